The molecule has 8 heteroatoms. The molecule has 1 fully saturated rings. The van der Waals surface area contributed by atoms with Crippen molar-refractivity contribution in [2.75, 3.05) is 19.5 Å². The molecule has 0 aromatic rings. The van der Waals surface area contributed by atoms with Crippen molar-refractivity contribution in [2.24, 2.45) is 0 Å². The van der Waals surface area contributed by atoms with Crippen LogP contribution in [-0.2, 0) is 33.3 Å². The van der Waals surface area contributed by atoms with Crippen LogP contribution in [0.5, 0.6) is 0 Å². The molecule has 7 nitrogen and oxygen atoms in total. The van der Waals surface area contributed by atoms with Gasteiger partial charge < -0.3 is 9.47 Å². The second-order valence-corrected chi connectivity index (χ2v) is 3.03. The quantitative estimate of drug-likeness (QED) is 0.210. The van der Waals surface area contributed by atoms with Gasteiger partial charge in [-0.3, -0.25) is 4.79 Å². The Kier molecular flexibility index (Phi) is 5.40. The molecule has 0 aromatic heterocycles. The Labute approximate surface area is 90.0 Å². The van der Waals surface area contributed by atoms with Gasteiger partial charge in [0.15, 0.2) is 6.61 Å². The van der Waals surface area contributed by atoms with Crippen LogP contribution in [-0.4, -0.2) is 37.5 Å². The SMILES string of the molecule is CSOOOCC(=O)OC1COC(=O)C1. The first-order valence-electron chi connectivity index (χ1n) is 4.06. The van der Waals surface area contributed by atoms with Crippen LogP contribution >= 0.6 is 12.0 Å². The van der Waals surface area contributed by atoms with Crippen molar-refractivity contribution in [1.29, 1.82) is 0 Å². The zero-order valence-corrected chi connectivity index (χ0v) is 8.78. The van der Waals surface area contributed by atoms with Crippen LogP contribution in [0, 0.1) is 0 Å². The lowest BCUT2D eigenvalue weighted by Gasteiger charge is -2.07. The zero-order chi connectivity index (χ0) is 11.1. The third kappa shape index (κ3) is 4.98. The number of carbonyl (C=O) groups excluding carboxylic acids is 2. The van der Waals surface area contributed by atoms with E-state index < -0.39 is 18.7 Å². The van der Waals surface area contributed by atoms with Crippen LogP contribution < -0.4 is 0 Å². The van der Waals surface area contributed by atoms with Crippen LogP contribution in [0.25, 0.3) is 0 Å². The van der Waals surface area contributed by atoms with Crippen molar-refractivity contribution in [3.8, 4) is 0 Å². The van der Waals surface area contributed by atoms with Crippen LogP contribution in [0.15, 0.2) is 0 Å². The molecule has 1 aliphatic heterocycles. The van der Waals surface area contributed by atoms with Gasteiger partial charge in [-0.1, -0.05) is 5.04 Å². The summed E-state index contributed by atoms with van der Waals surface area (Å²) in [5.41, 5.74) is 0. The molecule has 1 heterocycles. The summed E-state index contributed by atoms with van der Waals surface area (Å²) in [7, 11) is 0. The topological polar surface area (TPSA) is 80.3 Å². The van der Waals surface area contributed by atoms with Crippen molar-refractivity contribution in [1.82, 2.24) is 0 Å². The molecule has 0 radical (unpaired) electrons. The minimum atomic E-state index is -0.650. The Morgan fingerprint density at radius 1 is 1.67 bits per heavy atom. The van der Waals surface area contributed by atoms with E-state index in [1.54, 1.807) is 6.26 Å². The molecule has 0 saturated carbocycles. The summed E-state index contributed by atoms with van der Waals surface area (Å²) >= 11 is 0.922. The van der Waals surface area contributed by atoms with Gasteiger partial charge in [0.2, 0.25) is 0 Å². The number of esters is 2. The Hall–Kier alpha value is -0.830. The fourth-order valence-electron chi connectivity index (χ4n) is 0.905. The van der Waals surface area contributed by atoms with Crippen LogP contribution in [0.3, 0.4) is 0 Å². The predicted molar refractivity (Wildman–Crippen MR) is 47.1 cm³/mol. The van der Waals surface area contributed by atoms with E-state index in [0.29, 0.717) is 0 Å². The first-order chi connectivity index (χ1) is 7.22. The maximum absolute atomic E-state index is 11.0. The van der Waals surface area contributed by atoms with E-state index in [1.807, 2.05) is 0 Å². The van der Waals surface area contributed by atoms with E-state index in [2.05, 4.69) is 19.0 Å². The van der Waals surface area contributed by atoms with Crippen molar-refractivity contribution < 1.29 is 33.3 Å². The molecule has 0 spiro atoms. The van der Waals surface area contributed by atoms with Crippen molar-refractivity contribution in [3.63, 3.8) is 0 Å². The summed E-state index contributed by atoms with van der Waals surface area (Å²) in [6.45, 7) is -0.321. The van der Waals surface area contributed by atoms with Crippen molar-refractivity contribution in [2.45, 2.75) is 12.5 Å². The molecule has 0 aromatic carbocycles. The first kappa shape index (κ1) is 12.2. The summed E-state index contributed by atoms with van der Waals surface area (Å²) in [5.74, 6) is -1.03. The second kappa shape index (κ2) is 6.62. The molecular formula is C7H10O7S. The molecule has 15 heavy (non-hydrogen) atoms. The standard InChI is InChI=1S/C7H10O7S/c1-15-14-13-11-4-7(9)12-5-2-6(8)10-3-5/h5H,2-4H2,1H3. The van der Waals surface area contributed by atoms with Gasteiger partial charge in [-0.25, -0.2) is 4.79 Å². The van der Waals surface area contributed by atoms with Gasteiger partial charge in [-0.05, 0) is 0 Å². The van der Waals surface area contributed by atoms with Crippen LogP contribution in [0.1, 0.15) is 6.42 Å². The molecule has 1 aliphatic rings. The first-order valence-corrected chi connectivity index (χ1v) is 5.21. The molecule has 1 saturated heterocycles. The zero-order valence-electron chi connectivity index (χ0n) is 7.96. The highest BCUT2D eigenvalue weighted by Gasteiger charge is 2.27. The predicted octanol–water partition coefficient (Wildman–Crippen LogP) is 0.00290. The third-order valence-corrected chi connectivity index (χ3v) is 1.64. The molecular weight excluding hydrogens is 228 g/mol. The number of cyclic esters (lactones) is 1. The van der Waals surface area contributed by atoms with Crippen LogP contribution in [0.4, 0.5) is 0 Å². The number of hydrogen-bond donors (Lipinski definition) is 0. The molecule has 1 rings (SSSR count). The van der Waals surface area contributed by atoms with Gasteiger partial charge in [0.05, 0.1) is 6.42 Å². The van der Waals surface area contributed by atoms with Gasteiger partial charge in [0.1, 0.15) is 12.7 Å². The molecule has 0 amide bonds. The number of carbonyl (C=O) groups is 2. The maximum atomic E-state index is 11.0. The fraction of sp³-hybridized carbons (Fsp3) is 0.714. The number of hydrogen-bond acceptors (Lipinski definition) is 8. The normalized spacial score (nSPS) is 20.1. The highest BCUT2D eigenvalue weighted by Crippen LogP contribution is 2.10. The minimum absolute atomic E-state index is 0.0773. The van der Waals surface area contributed by atoms with Gasteiger partial charge >= 0.3 is 11.9 Å². The molecule has 0 aliphatic carbocycles. The molecule has 0 N–H and O–H groups in total. The maximum Gasteiger partial charge on any atom is 0.336 e. The Bertz CT molecular complexity index is 231. The second-order valence-electron chi connectivity index (χ2n) is 2.56. The lowest BCUT2D eigenvalue weighted by Crippen LogP contribution is -2.21. The van der Waals surface area contributed by atoms with Crippen molar-refractivity contribution >= 4 is 24.0 Å². The average Bonchev–Trinajstić information content (AvgIpc) is 2.59. The van der Waals surface area contributed by atoms with E-state index in [4.69, 9.17) is 4.74 Å². The monoisotopic (exact) mass is 238 g/mol. The van der Waals surface area contributed by atoms with E-state index in [9.17, 15) is 9.59 Å². The summed E-state index contributed by atoms with van der Waals surface area (Å²) in [6, 6.07) is 0. The summed E-state index contributed by atoms with van der Waals surface area (Å²) in [6.07, 6.45) is 1.16. The average molecular weight is 238 g/mol. The van der Waals surface area contributed by atoms with Gasteiger partial charge in [0, 0.05) is 18.3 Å². The lowest BCUT2D eigenvalue weighted by molar-refractivity contribution is -0.456. The summed E-state index contributed by atoms with van der Waals surface area (Å²) in [5, 5.41) is 4.10. The van der Waals surface area contributed by atoms with Crippen LogP contribution in [0.2, 0.25) is 0 Å². The van der Waals surface area contributed by atoms with E-state index in [1.165, 1.54) is 0 Å². The fourth-order valence-corrected chi connectivity index (χ4v) is 1.000. The van der Waals surface area contributed by atoms with E-state index in [0.717, 1.165) is 12.0 Å². The van der Waals surface area contributed by atoms with Gasteiger partial charge in [0.25, 0.3) is 0 Å². The molecule has 1 unspecified atom stereocenters. The van der Waals surface area contributed by atoms with Gasteiger partial charge in [-0.2, -0.15) is 4.89 Å². The summed E-state index contributed by atoms with van der Waals surface area (Å²) < 4.78 is 13.7. The number of ether oxygens (including phenoxy) is 2. The van der Waals surface area contributed by atoms with Crippen molar-refractivity contribution in [3.05, 3.63) is 0 Å². The lowest BCUT2D eigenvalue weighted by atomic mass is 10.3. The van der Waals surface area contributed by atoms with Gasteiger partial charge in [-0.15, -0.1) is 4.33 Å². The summed E-state index contributed by atoms with van der Waals surface area (Å²) in [4.78, 5) is 26.0. The molecule has 86 valence electrons. The molecule has 0 bridgehead atoms. The molecule has 1 atom stereocenters. The number of rotatable bonds is 6. The van der Waals surface area contributed by atoms with E-state index in [-0.39, 0.29) is 19.0 Å². The minimum Gasteiger partial charge on any atom is -0.462 e. The smallest absolute Gasteiger partial charge is 0.336 e. The highest BCUT2D eigenvalue weighted by atomic mass is 32.2. The van der Waals surface area contributed by atoms with E-state index >= 15 is 0 Å². The Balaban J connectivity index is 2.05. The Morgan fingerprint density at radius 2 is 2.47 bits per heavy atom. The Morgan fingerprint density at radius 3 is 3.07 bits per heavy atom. The highest BCUT2D eigenvalue weighted by molar-refractivity contribution is 7.93. The largest absolute Gasteiger partial charge is 0.462 e. The third-order valence-electron chi connectivity index (χ3n) is 1.44.